The molecular weight excluding hydrogens is 247 g/mol. The fourth-order valence-corrected chi connectivity index (χ4v) is 1.64. The predicted octanol–water partition coefficient (Wildman–Crippen LogP) is 3.03. The van der Waals surface area contributed by atoms with Gasteiger partial charge in [-0.05, 0) is 12.1 Å². The Bertz CT molecular complexity index is 699. The van der Waals surface area contributed by atoms with E-state index in [1.807, 2.05) is 0 Å². The lowest BCUT2D eigenvalue weighted by Gasteiger charge is -1.99. The van der Waals surface area contributed by atoms with Crippen LogP contribution in [0.4, 0.5) is 13.2 Å². The molecule has 0 saturated carbocycles. The number of alkyl halides is 3. The number of benzene rings is 1. The number of fused-ring (bicyclic) bond motifs is 1. The van der Waals surface area contributed by atoms with Crippen molar-refractivity contribution in [3.8, 4) is 5.82 Å². The number of para-hydroxylation sites is 1. The number of imidazole rings is 1. The van der Waals surface area contributed by atoms with Crippen LogP contribution in [0.2, 0.25) is 0 Å². The third kappa shape index (κ3) is 1.64. The summed E-state index contributed by atoms with van der Waals surface area (Å²) in [5, 5.41) is 4.37. The summed E-state index contributed by atoms with van der Waals surface area (Å²) in [6, 6.07) is 6.92. The molecule has 3 aromatic rings. The average Bonchev–Trinajstić information content (AvgIpc) is 2.94. The largest absolute Gasteiger partial charge is 0.434 e. The van der Waals surface area contributed by atoms with Crippen LogP contribution >= 0.6 is 0 Å². The standard InChI is InChI=1S/C11H6F3N3O/c12-11(13,14)9-5-17(6-15-9)10-7-3-1-2-4-8(7)18-16-10/h1-6H. The Hall–Kier alpha value is -2.31. The average molecular weight is 253 g/mol. The van der Waals surface area contributed by atoms with E-state index < -0.39 is 11.9 Å². The van der Waals surface area contributed by atoms with Gasteiger partial charge < -0.3 is 4.52 Å². The van der Waals surface area contributed by atoms with Crippen LogP contribution in [0.15, 0.2) is 41.3 Å². The van der Waals surface area contributed by atoms with Crippen molar-refractivity contribution in [2.24, 2.45) is 0 Å². The fourth-order valence-electron chi connectivity index (χ4n) is 1.64. The molecular formula is C11H6F3N3O. The Morgan fingerprint density at radius 2 is 1.94 bits per heavy atom. The molecule has 1 aromatic carbocycles. The van der Waals surface area contributed by atoms with Crippen LogP contribution in [0, 0.1) is 0 Å². The first-order chi connectivity index (χ1) is 8.55. The Morgan fingerprint density at radius 1 is 1.17 bits per heavy atom. The van der Waals surface area contributed by atoms with Crippen molar-refractivity contribution in [1.82, 2.24) is 14.7 Å². The summed E-state index contributed by atoms with van der Waals surface area (Å²) in [6.07, 6.45) is -2.53. The minimum absolute atomic E-state index is 0.286. The fraction of sp³-hybridized carbons (Fsp3) is 0.0909. The summed E-state index contributed by atoms with van der Waals surface area (Å²) >= 11 is 0. The molecule has 0 aliphatic carbocycles. The van der Waals surface area contributed by atoms with E-state index in [0.29, 0.717) is 11.0 Å². The van der Waals surface area contributed by atoms with Crippen LogP contribution in [-0.4, -0.2) is 14.7 Å². The van der Waals surface area contributed by atoms with E-state index in [0.717, 1.165) is 12.5 Å². The van der Waals surface area contributed by atoms with Gasteiger partial charge in [0.1, 0.15) is 6.33 Å². The topological polar surface area (TPSA) is 43.9 Å². The first-order valence-electron chi connectivity index (χ1n) is 5.02. The molecule has 0 bridgehead atoms. The third-order valence-electron chi connectivity index (χ3n) is 2.48. The predicted molar refractivity (Wildman–Crippen MR) is 56.1 cm³/mol. The first kappa shape index (κ1) is 10.8. The second kappa shape index (κ2) is 3.59. The molecule has 18 heavy (non-hydrogen) atoms. The second-order valence-electron chi connectivity index (χ2n) is 3.67. The molecule has 0 atom stereocenters. The Labute approximate surface area is 98.6 Å². The summed E-state index contributed by atoms with van der Waals surface area (Å²) in [5.41, 5.74) is -0.454. The summed E-state index contributed by atoms with van der Waals surface area (Å²) in [5.74, 6) is 0.286. The monoisotopic (exact) mass is 253 g/mol. The van der Waals surface area contributed by atoms with Crippen LogP contribution in [0.5, 0.6) is 0 Å². The highest BCUT2D eigenvalue weighted by Gasteiger charge is 2.33. The molecule has 3 rings (SSSR count). The molecule has 0 spiro atoms. The van der Waals surface area contributed by atoms with Gasteiger partial charge in [0.05, 0.1) is 5.39 Å². The Balaban J connectivity index is 2.13. The molecule has 2 aromatic heterocycles. The molecule has 0 N–H and O–H groups in total. The summed E-state index contributed by atoms with van der Waals surface area (Å²) < 4.78 is 43.5. The number of nitrogens with zero attached hydrogens (tertiary/aromatic N) is 3. The lowest BCUT2D eigenvalue weighted by molar-refractivity contribution is -0.140. The van der Waals surface area contributed by atoms with E-state index in [-0.39, 0.29) is 5.82 Å². The van der Waals surface area contributed by atoms with Crippen molar-refractivity contribution in [2.75, 3.05) is 0 Å². The molecule has 0 amide bonds. The van der Waals surface area contributed by atoms with Gasteiger partial charge in [-0.1, -0.05) is 17.3 Å². The number of rotatable bonds is 1. The molecule has 0 saturated heterocycles. The maximum atomic E-state index is 12.4. The summed E-state index contributed by atoms with van der Waals surface area (Å²) in [4.78, 5) is 3.31. The highest BCUT2D eigenvalue weighted by Crippen LogP contribution is 2.29. The molecule has 7 heteroatoms. The van der Waals surface area contributed by atoms with Gasteiger partial charge in [0.25, 0.3) is 0 Å². The highest BCUT2D eigenvalue weighted by atomic mass is 19.4. The van der Waals surface area contributed by atoms with Crippen LogP contribution in [0.25, 0.3) is 16.8 Å². The quantitative estimate of drug-likeness (QED) is 0.669. The van der Waals surface area contributed by atoms with Gasteiger partial charge >= 0.3 is 6.18 Å². The van der Waals surface area contributed by atoms with E-state index in [1.54, 1.807) is 24.3 Å². The first-order valence-corrected chi connectivity index (χ1v) is 5.02. The van der Waals surface area contributed by atoms with E-state index >= 15 is 0 Å². The van der Waals surface area contributed by atoms with Crippen LogP contribution < -0.4 is 0 Å². The maximum absolute atomic E-state index is 12.4. The number of hydrogen-bond acceptors (Lipinski definition) is 3. The van der Waals surface area contributed by atoms with Crippen molar-refractivity contribution < 1.29 is 17.7 Å². The molecule has 0 unspecified atom stereocenters. The number of aromatic nitrogens is 3. The second-order valence-corrected chi connectivity index (χ2v) is 3.67. The van der Waals surface area contributed by atoms with Crippen LogP contribution in [0.1, 0.15) is 5.69 Å². The minimum Gasteiger partial charge on any atom is -0.354 e. The van der Waals surface area contributed by atoms with Gasteiger partial charge in [-0.3, -0.25) is 4.57 Å². The van der Waals surface area contributed by atoms with Crippen molar-refractivity contribution in [3.05, 3.63) is 42.5 Å². The molecule has 92 valence electrons. The molecule has 0 aliphatic rings. The number of halogens is 3. The smallest absolute Gasteiger partial charge is 0.354 e. The number of hydrogen-bond donors (Lipinski definition) is 0. The lowest BCUT2D eigenvalue weighted by atomic mass is 10.2. The molecule has 0 radical (unpaired) electrons. The molecule has 0 fully saturated rings. The molecule has 2 heterocycles. The van der Waals surface area contributed by atoms with Crippen molar-refractivity contribution in [1.29, 1.82) is 0 Å². The Kier molecular flexibility index (Phi) is 2.16. The van der Waals surface area contributed by atoms with Gasteiger partial charge in [-0.25, -0.2) is 4.98 Å². The van der Waals surface area contributed by atoms with Crippen molar-refractivity contribution >= 4 is 11.0 Å². The zero-order chi connectivity index (χ0) is 12.8. The highest BCUT2D eigenvalue weighted by molar-refractivity contribution is 5.83. The van der Waals surface area contributed by atoms with Gasteiger partial charge in [0, 0.05) is 6.20 Å². The minimum atomic E-state index is -4.47. The van der Waals surface area contributed by atoms with E-state index in [9.17, 15) is 13.2 Å². The van der Waals surface area contributed by atoms with Crippen LogP contribution in [-0.2, 0) is 6.18 Å². The van der Waals surface area contributed by atoms with Gasteiger partial charge in [-0.15, -0.1) is 0 Å². The zero-order valence-corrected chi connectivity index (χ0v) is 8.85. The van der Waals surface area contributed by atoms with Gasteiger partial charge in [0.15, 0.2) is 17.1 Å². The third-order valence-corrected chi connectivity index (χ3v) is 2.48. The normalized spacial score (nSPS) is 12.2. The van der Waals surface area contributed by atoms with Gasteiger partial charge in [0.2, 0.25) is 0 Å². The van der Waals surface area contributed by atoms with Crippen molar-refractivity contribution in [3.63, 3.8) is 0 Å². The summed E-state index contributed by atoms with van der Waals surface area (Å²) in [6.45, 7) is 0. The van der Waals surface area contributed by atoms with E-state index in [1.165, 1.54) is 4.57 Å². The Morgan fingerprint density at radius 3 is 2.67 bits per heavy atom. The van der Waals surface area contributed by atoms with Gasteiger partial charge in [-0.2, -0.15) is 13.2 Å². The van der Waals surface area contributed by atoms with Crippen molar-refractivity contribution in [2.45, 2.75) is 6.18 Å². The summed E-state index contributed by atoms with van der Waals surface area (Å²) in [7, 11) is 0. The maximum Gasteiger partial charge on any atom is 0.434 e. The molecule has 4 nitrogen and oxygen atoms in total. The zero-order valence-electron chi connectivity index (χ0n) is 8.85. The lowest BCUT2D eigenvalue weighted by Crippen LogP contribution is -2.04. The SMILES string of the molecule is FC(F)(F)c1cn(-c2noc3ccccc23)cn1. The van der Waals surface area contributed by atoms with E-state index in [2.05, 4.69) is 10.1 Å². The van der Waals surface area contributed by atoms with E-state index in [4.69, 9.17) is 4.52 Å². The molecule has 0 aliphatic heterocycles. The van der Waals surface area contributed by atoms with Crippen LogP contribution in [0.3, 0.4) is 0 Å².